The number of aromatic nitrogens is 3. The van der Waals surface area contributed by atoms with Crippen LogP contribution in [0, 0.1) is 6.92 Å². The number of hydrogen-bond acceptors (Lipinski definition) is 5. The number of aliphatic hydroxyl groups excluding tert-OH is 1. The highest BCUT2D eigenvalue weighted by Gasteiger charge is 2.16. The van der Waals surface area contributed by atoms with Crippen LogP contribution in [0.5, 0.6) is 0 Å². The molecule has 3 aromatic rings. The van der Waals surface area contributed by atoms with Gasteiger partial charge in [0.2, 0.25) is 0 Å². The molecule has 0 spiro atoms. The topological polar surface area (TPSA) is 77.2 Å². The van der Waals surface area contributed by atoms with Crippen molar-refractivity contribution in [3.8, 4) is 5.69 Å². The van der Waals surface area contributed by atoms with E-state index in [2.05, 4.69) is 16.8 Å². The molecule has 122 valence electrons. The minimum atomic E-state index is -0.729. The van der Waals surface area contributed by atoms with Crippen LogP contribution in [0.2, 0.25) is 0 Å². The monoisotopic (exact) mass is 323 g/mol. The maximum absolute atomic E-state index is 11.4. The van der Waals surface area contributed by atoms with Gasteiger partial charge in [-0.2, -0.15) is 4.80 Å². The molecule has 6 nitrogen and oxygen atoms in total. The van der Waals surface area contributed by atoms with Crippen LogP contribution < -0.4 is 0 Å². The number of ether oxygens (including phenoxy) is 1. The molecular weight excluding hydrogens is 306 g/mol. The van der Waals surface area contributed by atoms with Crippen molar-refractivity contribution in [2.45, 2.75) is 13.0 Å². The normalized spacial score (nSPS) is 12.1. The van der Waals surface area contributed by atoms with Crippen molar-refractivity contribution in [3.05, 3.63) is 66.2 Å². The Labute approximate surface area is 139 Å². The fourth-order valence-electron chi connectivity index (χ4n) is 2.47. The molecule has 1 N–H and O–H groups in total. The van der Waals surface area contributed by atoms with Crippen molar-refractivity contribution in [2.75, 3.05) is 6.61 Å². The standard InChI is InChI=1S/C18H17N3O3/c1-3-18(23)24-17(11-22)13-8-9-16(12(2)10-13)21-19-14-6-4-5-7-15(14)20-21/h3-10,17,22H,1,11H2,2H3. The lowest BCUT2D eigenvalue weighted by atomic mass is 10.1. The molecule has 1 atom stereocenters. The van der Waals surface area contributed by atoms with Gasteiger partial charge in [0.05, 0.1) is 12.3 Å². The van der Waals surface area contributed by atoms with Gasteiger partial charge in [-0.05, 0) is 36.2 Å². The molecule has 0 aliphatic carbocycles. The minimum absolute atomic E-state index is 0.303. The summed E-state index contributed by atoms with van der Waals surface area (Å²) < 4.78 is 5.14. The van der Waals surface area contributed by atoms with E-state index in [9.17, 15) is 9.90 Å². The number of carbonyl (C=O) groups is 1. The zero-order chi connectivity index (χ0) is 17.1. The zero-order valence-corrected chi connectivity index (χ0v) is 13.2. The third kappa shape index (κ3) is 3.04. The SMILES string of the molecule is C=CC(=O)OC(CO)c1ccc(-n2nc3ccccc3n2)c(C)c1. The Bertz CT molecular complexity index is 868. The first-order valence-corrected chi connectivity index (χ1v) is 7.49. The number of fused-ring (bicyclic) bond motifs is 1. The molecule has 0 bridgehead atoms. The van der Waals surface area contributed by atoms with Gasteiger partial charge in [-0.25, -0.2) is 4.79 Å². The van der Waals surface area contributed by atoms with E-state index in [1.165, 1.54) is 0 Å². The average Bonchev–Trinajstić information content (AvgIpc) is 3.03. The third-order valence-electron chi connectivity index (χ3n) is 3.69. The number of aliphatic hydroxyl groups is 1. The van der Waals surface area contributed by atoms with Crippen LogP contribution in [0.4, 0.5) is 0 Å². The number of rotatable bonds is 5. The van der Waals surface area contributed by atoms with Gasteiger partial charge in [-0.15, -0.1) is 10.2 Å². The number of esters is 1. The lowest BCUT2D eigenvalue weighted by molar-refractivity contribution is -0.145. The van der Waals surface area contributed by atoms with Crippen molar-refractivity contribution < 1.29 is 14.6 Å². The summed E-state index contributed by atoms with van der Waals surface area (Å²) in [6.07, 6.45) is 0.344. The van der Waals surface area contributed by atoms with Crippen LogP contribution in [0.1, 0.15) is 17.2 Å². The van der Waals surface area contributed by atoms with Gasteiger partial charge in [0, 0.05) is 6.08 Å². The zero-order valence-electron chi connectivity index (χ0n) is 13.2. The predicted octanol–water partition coefficient (Wildman–Crippen LogP) is 2.49. The third-order valence-corrected chi connectivity index (χ3v) is 3.69. The first kappa shape index (κ1) is 15.9. The van der Waals surface area contributed by atoms with Gasteiger partial charge in [0.1, 0.15) is 11.0 Å². The fraction of sp³-hybridized carbons (Fsp3) is 0.167. The molecule has 0 saturated carbocycles. The molecule has 0 fully saturated rings. The Morgan fingerprint density at radius 3 is 2.50 bits per heavy atom. The minimum Gasteiger partial charge on any atom is -0.452 e. The van der Waals surface area contributed by atoms with E-state index < -0.39 is 12.1 Å². The van der Waals surface area contributed by atoms with E-state index in [1.807, 2.05) is 43.3 Å². The highest BCUT2D eigenvalue weighted by Crippen LogP contribution is 2.23. The lowest BCUT2D eigenvalue weighted by Gasteiger charge is -2.16. The second-order valence-electron chi connectivity index (χ2n) is 5.34. The van der Waals surface area contributed by atoms with Gasteiger partial charge in [-0.1, -0.05) is 30.8 Å². The van der Waals surface area contributed by atoms with Crippen molar-refractivity contribution in [1.82, 2.24) is 15.0 Å². The van der Waals surface area contributed by atoms with Gasteiger partial charge in [-0.3, -0.25) is 0 Å². The Hall–Kier alpha value is -2.99. The average molecular weight is 323 g/mol. The van der Waals surface area contributed by atoms with Crippen LogP contribution in [-0.4, -0.2) is 32.7 Å². The molecule has 0 saturated heterocycles. The lowest BCUT2D eigenvalue weighted by Crippen LogP contribution is -2.13. The Balaban J connectivity index is 1.94. The van der Waals surface area contributed by atoms with E-state index in [4.69, 9.17) is 4.74 Å². The molecule has 24 heavy (non-hydrogen) atoms. The van der Waals surface area contributed by atoms with Gasteiger partial charge < -0.3 is 9.84 Å². The van der Waals surface area contributed by atoms with Crippen LogP contribution in [0.25, 0.3) is 16.7 Å². The smallest absolute Gasteiger partial charge is 0.330 e. The van der Waals surface area contributed by atoms with Crippen molar-refractivity contribution in [2.24, 2.45) is 0 Å². The highest BCUT2D eigenvalue weighted by molar-refractivity contribution is 5.81. The quantitative estimate of drug-likeness (QED) is 0.576. The van der Waals surface area contributed by atoms with Gasteiger partial charge in [0.25, 0.3) is 0 Å². The highest BCUT2D eigenvalue weighted by atomic mass is 16.5. The van der Waals surface area contributed by atoms with Crippen LogP contribution in [-0.2, 0) is 9.53 Å². The molecule has 3 rings (SSSR count). The molecule has 0 aliphatic rings. The molecule has 1 unspecified atom stereocenters. The molecule has 0 radical (unpaired) electrons. The molecule has 1 heterocycles. The molecule has 6 heteroatoms. The largest absolute Gasteiger partial charge is 0.452 e. The van der Waals surface area contributed by atoms with E-state index in [-0.39, 0.29) is 6.61 Å². The fourth-order valence-corrected chi connectivity index (χ4v) is 2.47. The van der Waals surface area contributed by atoms with Crippen molar-refractivity contribution in [1.29, 1.82) is 0 Å². The first-order valence-electron chi connectivity index (χ1n) is 7.49. The summed E-state index contributed by atoms with van der Waals surface area (Å²) in [5.74, 6) is -0.573. The second kappa shape index (κ2) is 6.64. The number of hydrogen-bond donors (Lipinski definition) is 1. The summed E-state index contributed by atoms with van der Waals surface area (Å²) >= 11 is 0. The van der Waals surface area contributed by atoms with Gasteiger partial charge in [0.15, 0.2) is 6.10 Å². The predicted molar refractivity (Wildman–Crippen MR) is 89.7 cm³/mol. The Morgan fingerprint density at radius 2 is 1.96 bits per heavy atom. The van der Waals surface area contributed by atoms with Crippen molar-refractivity contribution in [3.63, 3.8) is 0 Å². The number of aryl methyl sites for hydroxylation is 1. The van der Waals surface area contributed by atoms with Crippen LogP contribution >= 0.6 is 0 Å². The van der Waals surface area contributed by atoms with E-state index in [1.54, 1.807) is 10.9 Å². The Morgan fingerprint density at radius 1 is 1.29 bits per heavy atom. The summed E-state index contributed by atoms with van der Waals surface area (Å²) in [4.78, 5) is 12.9. The molecule has 2 aromatic carbocycles. The number of carbonyl (C=O) groups excluding carboxylic acids is 1. The van der Waals surface area contributed by atoms with Crippen molar-refractivity contribution >= 4 is 17.0 Å². The maximum atomic E-state index is 11.4. The Kier molecular flexibility index (Phi) is 4.39. The summed E-state index contributed by atoms with van der Waals surface area (Å²) in [7, 11) is 0. The summed E-state index contributed by atoms with van der Waals surface area (Å²) in [5, 5.41) is 18.4. The second-order valence-corrected chi connectivity index (χ2v) is 5.34. The van der Waals surface area contributed by atoms with E-state index in [0.717, 1.165) is 28.4 Å². The van der Waals surface area contributed by atoms with Crippen LogP contribution in [0.3, 0.4) is 0 Å². The molecule has 0 aliphatic heterocycles. The molecule has 0 amide bonds. The first-order chi connectivity index (χ1) is 11.6. The number of nitrogens with zero attached hydrogens (tertiary/aromatic N) is 3. The number of benzene rings is 2. The van der Waals surface area contributed by atoms with E-state index in [0.29, 0.717) is 5.56 Å². The summed E-state index contributed by atoms with van der Waals surface area (Å²) in [6, 6.07) is 13.1. The van der Waals surface area contributed by atoms with E-state index >= 15 is 0 Å². The summed E-state index contributed by atoms with van der Waals surface area (Å²) in [6.45, 7) is 4.97. The molecular formula is C18H17N3O3. The maximum Gasteiger partial charge on any atom is 0.330 e. The van der Waals surface area contributed by atoms with Crippen LogP contribution in [0.15, 0.2) is 55.1 Å². The molecule has 1 aromatic heterocycles. The van der Waals surface area contributed by atoms with Gasteiger partial charge >= 0.3 is 5.97 Å². The summed E-state index contributed by atoms with van der Waals surface area (Å²) in [5.41, 5.74) is 4.05.